The molecule has 0 bridgehead atoms. The summed E-state index contributed by atoms with van der Waals surface area (Å²) in [5.41, 5.74) is 4.02. The molecular weight excluding hydrogens is 471 g/mol. The van der Waals surface area contributed by atoms with Crippen molar-refractivity contribution in [1.29, 1.82) is 0 Å². The van der Waals surface area contributed by atoms with Crippen LogP contribution in [-0.2, 0) is 21.2 Å². The monoisotopic (exact) mass is 496 g/mol. The maximum absolute atomic E-state index is 13.3. The number of carbonyl (C=O) groups excluding carboxylic acids is 1. The highest BCUT2D eigenvalue weighted by atomic mass is 32.2. The molecule has 0 N–H and O–H groups in total. The van der Waals surface area contributed by atoms with Crippen LogP contribution in [0.5, 0.6) is 0 Å². The molecule has 0 unspecified atom stereocenters. The molecule has 3 aromatic carbocycles. The van der Waals surface area contributed by atoms with Gasteiger partial charge in [-0.25, -0.2) is 17.8 Å². The Morgan fingerprint density at radius 2 is 1.74 bits per heavy atom. The Morgan fingerprint density at radius 1 is 1.03 bits per heavy atom. The van der Waals surface area contributed by atoms with E-state index in [0.717, 1.165) is 39.0 Å². The van der Waals surface area contributed by atoms with E-state index in [1.54, 1.807) is 4.90 Å². The summed E-state index contributed by atoms with van der Waals surface area (Å²) in [4.78, 5) is 19.7. The van der Waals surface area contributed by atoms with Gasteiger partial charge in [-0.1, -0.05) is 47.7 Å². The molecule has 5 nitrogen and oxygen atoms in total. The largest absolute Gasteiger partial charge is 0.284 e. The maximum atomic E-state index is 13.3. The fourth-order valence-electron chi connectivity index (χ4n) is 3.82. The van der Waals surface area contributed by atoms with E-state index in [1.165, 1.54) is 23.5 Å². The van der Waals surface area contributed by atoms with Crippen LogP contribution in [0.4, 0.5) is 9.52 Å². The lowest BCUT2D eigenvalue weighted by Crippen LogP contribution is -2.30. The molecule has 1 heterocycles. The van der Waals surface area contributed by atoms with Crippen molar-refractivity contribution in [2.45, 2.75) is 38.1 Å². The van der Waals surface area contributed by atoms with Crippen LogP contribution in [0, 0.1) is 19.7 Å². The number of benzene rings is 3. The lowest BCUT2D eigenvalue weighted by atomic mass is 10.1. The van der Waals surface area contributed by atoms with Crippen molar-refractivity contribution in [2.75, 3.05) is 10.7 Å². The minimum Gasteiger partial charge on any atom is -0.284 e. The first-order valence-corrected chi connectivity index (χ1v) is 13.4. The van der Waals surface area contributed by atoms with Crippen LogP contribution in [-0.4, -0.2) is 25.1 Å². The number of carbonyl (C=O) groups is 1. The minimum absolute atomic E-state index is 0.0551. The Kier molecular flexibility index (Phi) is 7.09. The molecule has 8 heteroatoms. The van der Waals surface area contributed by atoms with Crippen LogP contribution >= 0.6 is 11.3 Å². The number of aromatic nitrogens is 1. The van der Waals surface area contributed by atoms with Gasteiger partial charge in [-0.2, -0.15) is 0 Å². The molecule has 0 atom stereocenters. The van der Waals surface area contributed by atoms with E-state index in [9.17, 15) is 17.6 Å². The molecule has 34 heavy (non-hydrogen) atoms. The Morgan fingerprint density at radius 3 is 2.44 bits per heavy atom. The molecule has 1 aromatic heterocycles. The number of nitrogens with zero attached hydrogens (tertiary/aromatic N) is 2. The molecule has 0 saturated heterocycles. The number of amides is 1. The lowest BCUT2D eigenvalue weighted by Gasteiger charge is -2.20. The molecule has 4 aromatic rings. The van der Waals surface area contributed by atoms with Crippen molar-refractivity contribution in [3.8, 4) is 0 Å². The zero-order chi connectivity index (χ0) is 24.3. The third-order valence-corrected chi connectivity index (χ3v) is 8.55. The topological polar surface area (TPSA) is 67.3 Å². The highest BCUT2D eigenvalue weighted by Gasteiger charge is 2.22. The lowest BCUT2D eigenvalue weighted by molar-refractivity contribution is -0.118. The molecule has 0 fully saturated rings. The minimum atomic E-state index is -3.60. The van der Waals surface area contributed by atoms with Gasteiger partial charge >= 0.3 is 0 Å². The first-order chi connectivity index (χ1) is 16.2. The number of fused-ring (bicyclic) bond motifs is 1. The molecule has 4 rings (SSSR count). The van der Waals surface area contributed by atoms with Gasteiger partial charge in [0.2, 0.25) is 5.91 Å². The molecule has 0 aliphatic heterocycles. The van der Waals surface area contributed by atoms with E-state index in [2.05, 4.69) is 6.07 Å². The Labute approximate surface area is 202 Å². The van der Waals surface area contributed by atoms with Crippen LogP contribution in [0.25, 0.3) is 10.2 Å². The fraction of sp³-hybridized carbons (Fsp3) is 0.231. The molecule has 0 aliphatic rings. The third kappa shape index (κ3) is 5.51. The van der Waals surface area contributed by atoms with Crippen LogP contribution in [0.1, 0.15) is 29.5 Å². The predicted octanol–water partition coefficient (Wildman–Crippen LogP) is 5.84. The summed E-state index contributed by atoms with van der Waals surface area (Å²) in [6.07, 6.45) is 0.216. The summed E-state index contributed by atoms with van der Waals surface area (Å²) in [5.74, 6) is -0.875. The quantitative estimate of drug-likeness (QED) is 0.288. The van der Waals surface area contributed by atoms with Gasteiger partial charge in [-0.15, -0.1) is 0 Å². The zero-order valence-electron chi connectivity index (χ0n) is 19.0. The van der Waals surface area contributed by atoms with Crippen molar-refractivity contribution in [2.24, 2.45) is 0 Å². The Hall–Kier alpha value is -3.10. The summed E-state index contributed by atoms with van der Waals surface area (Å²) in [6, 6.07) is 18.5. The number of halogens is 1. The SMILES string of the molecule is Cc1cc(C)c2sc(N(Cc3ccccc3)C(=O)CCCS(=O)(=O)c3ccc(F)cc3)nc2c1. The highest BCUT2D eigenvalue weighted by Crippen LogP contribution is 2.33. The second kappa shape index (κ2) is 10.0. The zero-order valence-corrected chi connectivity index (χ0v) is 20.6. The van der Waals surface area contributed by atoms with Crippen LogP contribution in [0.2, 0.25) is 0 Å². The number of aryl methyl sites for hydroxylation is 2. The summed E-state index contributed by atoms with van der Waals surface area (Å²) >= 11 is 1.47. The predicted molar refractivity (Wildman–Crippen MR) is 134 cm³/mol. The van der Waals surface area contributed by atoms with E-state index >= 15 is 0 Å². The third-order valence-electron chi connectivity index (χ3n) is 5.50. The Bertz CT molecular complexity index is 1420. The van der Waals surface area contributed by atoms with Crippen molar-refractivity contribution in [3.05, 3.63) is 89.2 Å². The van der Waals surface area contributed by atoms with Gasteiger partial charge in [0.15, 0.2) is 15.0 Å². The molecule has 0 aliphatic carbocycles. The van der Waals surface area contributed by atoms with Gasteiger partial charge in [0.05, 0.1) is 27.4 Å². The number of sulfone groups is 1. The standard InChI is InChI=1S/C26H25FN2O3S2/c1-18-15-19(2)25-23(16-18)28-26(33-25)29(17-20-7-4-3-5-8-20)24(30)9-6-14-34(31,32)22-12-10-21(27)11-13-22/h3-5,7-8,10-13,15-16H,6,9,14,17H2,1-2H3. The highest BCUT2D eigenvalue weighted by molar-refractivity contribution is 7.91. The molecule has 1 amide bonds. The average Bonchev–Trinajstić information content (AvgIpc) is 3.22. The van der Waals surface area contributed by atoms with Crippen LogP contribution in [0.3, 0.4) is 0 Å². The number of hydrogen-bond acceptors (Lipinski definition) is 5. The molecule has 0 spiro atoms. The van der Waals surface area contributed by atoms with Crippen molar-refractivity contribution >= 4 is 42.4 Å². The van der Waals surface area contributed by atoms with Gasteiger partial charge in [-0.05, 0) is 67.3 Å². The van der Waals surface area contributed by atoms with E-state index in [4.69, 9.17) is 4.98 Å². The van der Waals surface area contributed by atoms with Crippen LogP contribution in [0.15, 0.2) is 71.6 Å². The van der Waals surface area contributed by atoms with Crippen molar-refractivity contribution in [1.82, 2.24) is 4.98 Å². The van der Waals surface area contributed by atoms with Gasteiger partial charge in [0, 0.05) is 6.42 Å². The van der Waals surface area contributed by atoms with E-state index in [0.29, 0.717) is 11.7 Å². The second-order valence-electron chi connectivity index (χ2n) is 8.27. The molecule has 0 saturated carbocycles. The van der Waals surface area contributed by atoms with E-state index < -0.39 is 15.7 Å². The average molecular weight is 497 g/mol. The summed E-state index contributed by atoms with van der Waals surface area (Å²) < 4.78 is 39.3. The summed E-state index contributed by atoms with van der Waals surface area (Å²) in [5, 5.41) is 0.596. The smallest absolute Gasteiger partial charge is 0.229 e. The van der Waals surface area contributed by atoms with E-state index in [-0.39, 0.29) is 29.4 Å². The van der Waals surface area contributed by atoms with Crippen LogP contribution < -0.4 is 4.90 Å². The second-order valence-corrected chi connectivity index (χ2v) is 11.4. The van der Waals surface area contributed by atoms with Gasteiger partial charge in [-0.3, -0.25) is 9.69 Å². The number of rotatable bonds is 8. The molecule has 176 valence electrons. The number of hydrogen-bond donors (Lipinski definition) is 0. The maximum Gasteiger partial charge on any atom is 0.229 e. The van der Waals surface area contributed by atoms with E-state index in [1.807, 2.05) is 50.2 Å². The molecular formula is C26H25FN2O3S2. The van der Waals surface area contributed by atoms with Crippen molar-refractivity contribution < 1.29 is 17.6 Å². The van der Waals surface area contributed by atoms with Gasteiger partial charge in [0.1, 0.15) is 5.82 Å². The first kappa shape index (κ1) is 24.0. The van der Waals surface area contributed by atoms with Crippen molar-refractivity contribution in [3.63, 3.8) is 0 Å². The first-order valence-electron chi connectivity index (χ1n) is 10.9. The number of thiazole rings is 1. The molecule has 0 radical (unpaired) electrons. The fourth-order valence-corrected chi connectivity index (χ4v) is 6.16. The van der Waals surface area contributed by atoms with Gasteiger partial charge in [0.25, 0.3) is 0 Å². The number of anilines is 1. The summed E-state index contributed by atoms with van der Waals surface area (Å²) in [6.45, 7) is 4.39. The summed E-state index contributed by atoms with van der Waals surface area (Å²) in [7, 11) is -3.60. The normalized spacial score (nSPS) is 11.6. The van der Waals surface area contributed by atoms with Gasteiger partial charge < -0.3 is 0 Å². The Balaban J connectivity index is 1.55.